The zero-order valence-corrected chi connectivity index (χ0v) is 16.8. The Morgan fingerprint density at radius 3 is 2.64 bits per heavy atom. The summed E-state index contributed by atoms with van der Waals surface area (Å²) in [4.78, 5) is 17.1. The van der Waals surface area contributed by atoms with E-state index in [0.717, 1.165) is 20.6 Å². The quantitative estimate of drug-likeness (QED) is 0.358. The normalized spacial score (nSPS) is 11.6. The van der Waals surface area contributed by atoms with E-state index < -0.39 is 14.7 Å². The van der Waals surface area contributed by atoms with Gasteiger partial charge in [-0.15, -0.1) is 0 Å². The Morgan fingerprint density at radius 1 is 1.08 bits per heavy atom. The molecule has 2 aromatic carbocycles. The molecule has 3 nitrogen and oxygen atoms in total. The van der Waals surface area contributed by atoms with Gasteiger partial charge in [0.1, 0.15) is 0 Å². The van der Waals surface area contributed by atoms with Gasteiger partial charge >= 0.3 is 155 Å². The SMILES string of the molecule is CC[As](CC)c1ccc2cc(-c3nc4ccccc4s3)c(=O)oc2c1. The molecule has 0 amide bonds. The molecule has 0 aliphatic rings. The molecule has 0 N–H and O–H groups in total. The number of benzene rings is 2. The Labute approximate surface area is 154 Å². The molecular formula is C20H18AsNO2S. The van der Waals surface area contributed by atoms with E-state index >= 15 is 0 Å². The molecule has 0 aliphatic carbocycles. The standard InChI is InChI=1S/C20H18AsNO2S/c1-3-21(4-2)14-10-9-13-11-15(20(23)24-17(13)12-14)19-22-16-7-5-6-8-18(16)25-19/h5-12H,3-4H2,1-2H3. The number of fused-ring (bicyclic) bond motifs is 2. The van der Waals surface area contributed by atoms with Crippen molar-refractivity contribution in [3.05, 3.63) is 59.0 Å². The molecule has 0 spiro atoms. The summed E-state index contributed by atoms with van der Waals surface area (Å²) in [5, 5.41) is 4.13. The predicted molar refractivity (Wildman–Crippen MR) is 107 cm³/mol. The summed E-state index contributed by atoms with van der Waals surface area (Å²) in [6, 6.07) is 16.2. The molecule has 0 fully saturated rings. The van der Waals surface area contributed by atoms with Crippen LogP contribution in [0, 0.1) is 0 Å². The van der Waals surface area contributed by atoms with Crippen LogP contribution in [0.3, 0.4) is 0 Å². The van der Waals surface area contributed by atoms with Crippen LogP contribution in [0.2, 0.25) is 10.4 Å². The van der Waals surface area contributed by atoms with Crippen LogP contribution in [-0.4, -0.2) is 19.6 Å². The van der Waals surface area contributed by atoms with E-state index in [1.54, 1.807) is 0 Å². The average Bonchev–Trinajstić information content (AvgIpc) is 3.06. The number of nitrogens with zero attached hydrogens (tertiary/aromatic N) is 1. The van der Waals surface area contributed by atoms with Crippen LogP contribution in [0.5, 0.6) is 0 Å². The van der Waals surface area contributed by atoms with E-state index in [4.69, 9.17) is 4.42 Å². The number of rotatable bonds is 4. The number of para-hydroxylation sites is 1. The molecule has 0 bridgehead atoms. The van der Waals surface area contributed by atoms with Gasteiger partial charge in [-0.05, 0) is 0 Å². The Morgan fingerprint density at radius 2 is 1.88 bits per heavy atom. The van der Waals surface area contributed by atoms with Gasteiger partial charge < -0.3 is 0 Å². The summed E-state index contributed by atoms with van der Waals surface area (Å²) in [6.45, 7) is 4.50. The third kappa shape index (κ3) is 3.05. The molecule has 4 rings (SSSR count). The molecule has 25 heavy (non-hydrogen) atoms. The van der Waals surface area contributed by atoms with Crippen LogP contribution < -0.4 is 9.98 Å². The summed E-state index contributed by atoms with van der Waals surface area (Å²) in [6.07, 6.45) is 0. The average molecular weight is 411 g/mol. The molecular weight excluding hydrogens is 393 g/mol. The van der Waals surface area contributed by atoms with Crippen LogP contribution in [-0.2, 0) is 0 Å². The Kier molecular flexibility index (Phi) is 4.49. The first-order chi connectivity index (χ1) is 12.2. The van der Waals surface area contributed by atoms with Crippen molar-refractivity contribution in [1.29, 1.82) is 0 Å². The second-order valence-corrected chi connectivity index (χ2v) is 12.9. The molecule has 0 aliphatic heterocycles. The van der Waals surface area contributed by atoms with Gasteiger partial charge in [-0.3, -0.25) is 0 Å². The number of thiazole rings is 1. The first-order valence-electron chi connectivity index (χ1n) is 8.38. The van der Waals surface area contributed by atoms with Crippen molar-refractivity contribution in [2.24, 2.45) is 0 Å². The molecule has 0 saturated carbocycles. The summed E-state index contributed by atoms with van der Waals surface area (Å²) in [5.41, 5.74) is 1.84. The van der Waals surface area contributed by atoms with Crippen LogP contribution >= 0.6 is 11.3 Å². The second kappa shape index (κ2) is 6.78. The fourth-order valence-corrected chi connectivity index (χ4v) is 7.69. The summed E-state index contributed by atoms with van der Waals surface area (Å²) < 4.78 is 8.11. The van der Waals surface area contributed by atoms with Gasteiger partial charge in [-0.1, -0.05) is 0 Å². The maximum atomic E-state index is 12.5. The van der Waals surface area contributed by atoms with Crippen LogP contribution in [0.4, 0.5) is 0 Å². The summed E-state index contributed by atoms with van der Waals surface area (Å²) in [7, 11) is 0. The Balaban J connectivity index is 1.84. The van der Waals surface area contributed by atoms with Crippen molar-refractivity contribution in [3.63, 3.8) is 0 Å². The van der Waals surface area contributed by atoms with E-state index in [9.17, 15) is 4.79 Å². The van der Waals surface area contributed by atoms with Crippen molar-refractivity contribution in [3.8, 4) is 10.6 Å². The van der Waals surface area contributed by atoms with Crippen molar-refractivity contribution in [1.82, 2.24) is 4.98 Å². The number of hydrogen-bond acceptors (Lipinski definition) is 4. The first-order valence-corrected chi connectivity index (χ1v) is 12.8. The number of aromatic nitrogens is 1. The molecule has 0 saturated heterocycles. The zero-order chi connectivity index (χ0) is 17.4. The van der Waals surface area contributed by atoms with Crippen molar-refractivity contribution in [2.75, 3.05) is 0 Å². The Bertz CT molecular complexity index is 1080. The van der Waals surface area contributed by atoms with Gasteiger partial charge in [-0.25, -0.2) is 0 Å². The monoisotopic (exact) mass is 411 g/mol. The summed E-state index contributed by atoms with van der Waals surface area (Å²) >= 11 is 0.514. The van der Waals surface area contributed by atoms with E-state index in [1.165, 1.54) is 26.1 Å². The zero-order valence-electron chi connectivity index (χ0n) is 14.2. The fourth-order valence-electron chi connectivity index (χ4n) is 3.02. The van der Waals surface area contributed by atoms with Crippen LogP contribution in [0.15, 0.2) is 57.7 Å². The van der Waals surface area contributed by atoms with Crippen LogP contribution in [0.25, 0.3) is 31.8 Å². The van der Waals surface area contributed by atoms with E-state index in [-0.39, 0.29) is 5.63 Å². The van der Waals surface area contributed by atoms with Gasteiger partial charge in [-0.2, -0.15) is 0 Å². The second-order valence-electron chi connectivity index (χ2n) is 5.83. The van der Waals surface area contributed by atoms with Crippen LogP contribution in [0.1, 0.15) is 13.8 Å². The number of hydrogen-bond donors (Lipinski definition) is 0. The van der Waals surface area contributed by atoms with Crippen molar-refractivity contribution >= 4 is 51.5 Å². The summed E-state index contributed by atoms with van der Waals surface area (Å²) in [5.74, 6) is 0. The molecule has 0 radical (unpaired) electrons. The van der Waals surface area contributed by atoms with Crippen molar-refractivity contribution in [2.45, 2.75) is 24.3 Å². The Hall–Kier alpha value is -1.90. The molecule has 4 aromatic rings. The van der Waals surface area contributed by atoms with E-state index in [1.807, 2.05) is 30.3 Å². The maximum absolute atomic E-state index is 12.5. The molecule has 5 heteroatoms. The van der Waals surface area contributed by atoms with E-state index in [0.29, 0.717) is 11.1 Å². The topological polar surface area (TPSA) is 43.1 Å². The minimum absolute atomic E-state index is 0.309. The molecule has 0 unspecified atom stereocenters. The van der Waals surface area contributed by atoms with Crippen molar-refractivity contribution < 1.29 is 4.42 Å². The van der Waals surface area contributed by atoms with Gasteiger partial charge in [0.2, 0.25) is 0 Å². The predicted octanol–water partition coefficient (Wildman–Crippen LogP) is 4.81. The molecule has 2 aromatic heterocycles. The van der Waals surface area contributed by atoms with E-state index in [2.05, 4.69) is 37.0 Å². The minimum atomic E-state index is -1.01. The van der Waals surface area contributed by atoms with Gasteiger partial charge in [0, 0.05) is 0 Å². The fraction of sp³-hybridized carbons (Fsp3) is 0.200. The molecule has 2 heterocycles. The molecule has 126 valence electrons. The van der Waals surface area contributed by atoms with Gasteiger partial charge in [0.05, 0.1) is 0 Å². The third-order valence-electron chi connectivity index (χ3n) is 4.37. The van der Waals surface area contributed by atoms with Gasteiger partial charge in [0.25, 0.3) is 0 Å². The third-order valence-corrected chi connectivity index (χ3v) is 10.8. The van der Waals surface area contributed by atoms with Gasteiger partial charge in [0.15, 0.2) is 0 Å². The first kappa shape index (κ1) is 16.6. The molecule has 0 atom stereocenters.